The third-order valence-electron chi connectivity index (χ3n) is 4.29. The standard InChI is InChI=1S/C18H16ClN3O2S/c19-13-5-1-4-12(10-13)17-20-18(24-21-17)15-7-2-8-22(15)16(23)11-14-6-3-9-25-14/h1,3-6,9-10,15H,2,7-8,11H2/t15-/m1/s1. The number of thiophene rings is 1. The number of likely N-dealkylation sites (tertiary alicyclic amines) is 1. The molecule has 1 amide bonds. The Hall–Kier alpha value is -2.18. The number of amides is 1. The number of hydrogen-bond acceptors (Lipinski definition) is 5. The molecule has 4 rings (SSSR count). The number of hydrogen-bond donors (Lipinski definition) is 0. The van der Waals surface area contributed by atoms with Crippen LogP contribution in [0.4, 0.5) is 0 Å². The monoisotopic (exact) mass is 373 g/mol. The summed E-state index contributed by atoms with van der Waals surface area (Å²) in [7, 11) is 0. The van der Waals surface area contributed by atoms with Crippen LogP contribution in [-0.4, -0.2) is 27.5 Å². The maximum atomic E-state index is 12.6. The lowest BCUT2D eigenvalue weighted by molar-refractivity contribution is -0.131. The molecule has 1 aromatic carbocycles. The highest BCUT2D eigenvalue weighted by atomic mass is 35.5. The summed E-state index contributed by atoms with van der Waals surface area (Å²) in [6, 6.07) is 11.1. The van der Waals surface area contributed by atoms with Gasteiger partial charge in [-0.25, -0.2) is 0 Å². The molecule has 0 bridgehead atoms. The van der Waals surface area contributed by atoms with Crippen molar-refractivity contribution in [3.8, 4) is 11.4 Å². The molecule has 0 aliphatic carbocycles. The Morgan fingerprint density at radius 2 is 2.28 bits per heavy atom. The van der Waals surface area contributed by atoms with Crippen LogP contribution in [0.5, 0.6) is 0 Å². The van der Waals surface area contributed by atoms with Crippen LogP contribution in [-0.2, 0) is 11.2 Å². The van der Waals surface area contributed by atoms with E-state index in [1.165, 1.54) is 0 Å². The Morgan fingerprint density at radius 1 is 1.36 bits per heavy atom. The summed E-state index contributed by atoms with van der Waals surface area (Å²) < 4.78 is 5.46. The first-order valence-corrected chi connectivity index (χ1v) is 9.38. The second-order valence-electron chi connectivity index (χ2n) is 5.97. The second kappa shape index (κ2) is 6.98. The number of benzene rings is 1. The molecule has 0 N–H and O–H groups in total. The fourth-order valence-electron chi connectivity index (χ4n) is 3.10. The maximum Gasteiger partial charge on any atom is 0.249 e. The van der Waals surface area contributed by atoms with Crippen LogP contribution in [0.25, 0.3) is 11.4 Å². The van der Waals surface area contributed by atoms with Crippen LogP contribution >= 0.6 is 22.9 Å². The van der Waals surface area contributed by atoms with E-state index in [2.05, 4.69) is 10.1 Å². The van der Waals surface area contributed by atoms with E-state index in [0.29, 0.717) is 23.2 Å². The Labute approximate surface area is 154 Å². The molecule has 1 saturated heterocycles. The van der Waals surface area contributed by atoms with Gasteiger partial charge in [0.05, 0.1) is 6.42 Å². The van der Waals surface area contributed by atoms with Crippen LogP contribution in [0.3, 0.4) is 0 Å². The third kappa shape index (κ3) is 3.45. The van der Waals surface area contributed by atoms with Crippen molar-refractivity contribution in [2.24, 2.45) is 0 Å². The summed E-state index contributed by atoms with van der Waals surface area (Å²) in [5.41, 5.74) is 0.803. The molecule has 1 fully saturated rings. The summed E-state index contributed by atoms with van der Waals surface area (Å²) in [5.74, 6) is 1.09. The molecule has 1 aliphatic rings. The SMILES string of the molecule is O=C(Cc1cccs1)N1CCC[C@@H]1c1nc(-c2cccc(Cl)c2)no1. The largest absolute Gasteiger partial charge is 0.337 e. The summed E-state index contributed by atoms with van der Waals surface area (Å²) in [4.78, 5) is 20.1. The molecule has 2 aromatic heterocycles. The number of nitrogens with zero attached hydrogens (tertiary/aromatic N) is 3. The Balaban J connectivity index is 1.53. The Kier molecular flexibility index (Phi) is 4.55. The summed E-state index contributed by atoms with van der Waals surface area (Å²) in [5, 5.41) is 6.67. The molecular formula is C18H16ClN3O2S. The second-order valence-corrected chi connectivity index (χ2v) is 7.44. The molecule has 7 heteroatoms. The van der Waals surface area contributed by atoms with Gasteiger partial charge in [0.1, 0.15) is 6.04 Å². The summed E-state index contributed by atoms with van der Waals surface area (Å²) >= 11 is 7.62. The lowest BCUT2D eigenvalue weighted by atomic mass is 10.2. The van der Waals surface area contributed by atoms with Gasteiger partial charge >= 0.3 is 0 Å². The van der Waals surface area contributed by atoms with Gasteiger partial charge in [0, 0.05) is 22.0 Å². The smallest absolute Gasteiger partial charge is 0.249 e. The van der Waals surface area contributed by atoms with Crippen molar-refractivity contribution in [3.05, 3.63) is 57.6 Å². The molecular weight excluding hydrogens is 358 g/mol. The molecule has 1 aliphatic heterocycles. The summed E-state index contributed by atoms with van der Waals surface area (Å²) in [6.45, 7) is 0.726. The van der Waals surface area contributed by atoms with Gasteiger partial charge in [0.15, 0.2) is 0 Å². The molecule has 5 nitrogen and oxygen atoms in total. The number of carbonyl (C=O) groups is 1. The molecule has 0 radical (unpaired) electrons. The van der Waals surface area contributed by atoms with Crippen molar-refractivity contribution >= 4 is 28.8 Å². The van der Waals surface area contributed by atoms with Crippen molar-refractivity contribution in [1.29, 1.82) is 0 Å². The van der Waals surface area contributed by atoms with E-state index in [-0.39, 0.29) is 11.9 Å². The molecule has 3 aromatic rings. The average molecular weight is 374 g/mol. The van der Waals surface area contributed by atoms with E-state index in [4.69, 9.17) is 16.1 Å². The van der Waals surface area contributed by atoms with E-state index >= 15 is 0 Å². The molecule has 25 heavy (non-hydrogen) atoms. The first-order chi connectivity index (χ1) is 12.2. The van der Waals surface area contributed by atoms with Crippen LogP contribution in [0.1, 0.15) is 29.7 Å². The van der Waals surface area contributed by atoms with Crippen LogP contribution in [0, 0.1) is 0 Å². The zero-order chi connectivity index (χ0) is 17.2. The minimum Gasteiger partial charge on any atom is -0.337 e. The fourth-order valence-corrected chi connectivity index (χ4v) is 3.99. The van der Waals surface area contributed by atoms with Crippen molar-refractivity contribution in [3.63, 3.8) is 0 Å². The Bertz CT molecular complexity index is 878. The van der Waals surface area contributed by atoms with E-state index < -0.39 is 0 Å². The van der Waals surface area contributed by atoms with Crippen LogP contribution in [0.2, 0.25) is 5.02 Å². The molecule has 3 heterocycles. The van der Waals surface area contributed by atoms with Gasteiger partial charge in [-0.3, -0.25) is 4.79 Å². The normalized spacial score (nSPS) is 17.2. The Morgan fingerprint density at radius 3 is 3.08 bits per heavy atom. The highest BCUT2D eigenvalue weighted by Gasteiger charge is 2.34. The van der Waals surface area contributed by atoms with E-state index in [1.54, 1.807) is 23.5 Å². The van der Waals surface area contributed by atoms with E-state index in [0.717, 1.165) is 29.8 Å². The van der Waals surface area contributed by atoms with Gasteiger partial charge in [0.25, 0.3) is 0 Å². The van der Waals surface area contributed by atoms with Crippen molar-refractivity contribution in [1.82, 2.24) is 15.0 Å². The minimum atomic E-state index is -0.145. The molecule has 0 spiro atoms. The molecule has 0 unspecified atom stereocenters. The number of rotatable bonds is 4. The fraction of sp³-hybridized carbons (Fsp3) is 0.278. The zero-order valence-electron chi connectivity index (χ0n) is 13.4. The molecule has 1 atom stereocenters. The van der Waals surface area contributed by atoms with Crippen molar-refractivity contribution < 1.29 is 9.32 Å². The number of carbonyl (C=O) groups excluding carboxylic acids is 1. The lowest BCUT2D eigenvalue weighted by Gasteiger charge is -2.21. The topological polar surface area (TPSA) is 59.2 Å². The maximum absolute atomic E-state index is 12.6. The average Bonchev–Trinajstić information content (AvgIpc) is 3.35. The number of aromatic nitrogens is 2. The molecule has 128 valence electrons. The first kappa shape index (κ1) is 16.3. The van der Waals surface area contributed by atoms with Gasteiger partial charge in [-0.05, 0) is 36.4 Å². The van der Waals surface area contributed by atoms with E-state index in [9.17, 15) is 4.79 Å². The third-order valence-corrected chi connectivity index (χ3v) is 5.40. The number of halogens is 1. The van der Waals surface area contributed by atoms with Gasteiger partial charge in [-0.1, -0.05) is 35.0 Å². The molecule has 0 saturated carbocycles. The predicted molar refractivity (Wildman–Crippen MR) is 96.5 cm³/mol. The van der Waals surface area contributed by atoms with Crippen LogP contribution < -0.4 is 0 Å². The van der Waals surface area contributed by atoms with Crippen molar-refractivity contribution in [2.75, 3.05) is 6.54 Å². The lowest BCUT2D eigenvalue weighted by Crippen LogP contribution is -2.31. The zero-order valence-corrected chi connectivity index (χ0v) is 15.0. The first-order valence-electron chi connectivity index (χ1n) is 8.12. The van der Waals surface area contributed by atoms with Gasteiger partial charge in [0.2, 0.25) is 17.6 Å². The van der Waals surface area contributed by atoms with E-state index in [1.807, 2.05) is 34.5 Å². The van der Waals surface area contributed by atoms with Gasteiger partial charge in [-0.2, -0.15) is 4.98 Å². The van der Waals surface area contributed by atoms with Crippen molar-refractivity contribution in [2.45, 2.75) is 25.3 Å². The highest BCUT2D eigenvalue weighted by Crippen LogP contribution is 2.33. The van der Waals surface area contributed by atoms with Gasteiger partial charge < -0.3 is 9.42 Å². The quantitative estimate of drug-likeness (QED) is 0.681. The van der Waals surface area contributed by atoms with Crippen LogP contribution in [0.15, 0.2) is 46.3 Å². The summed E-state index contributed by atoms with van der Waals surface area (Å²) in [6.07, 6.45) is 2.20. The van der Waals surface area contributed by atoms with Gasteiger partial charge in [-0.15, -0.1) is 11.3 Å². The predicted octanol–water partition coefficient (Wildman–Crippen LogP) is 4.36. The highest BCUT2D eigenvalue weighted by molar-refractivity contribution is 7.10. The minimum absolute atomic E-state index is 0.104.